The van der Waals surface area contributed by atoms with Gasteiger partial charge < -0.3 is 10.1 Å². The predicted molar refractivity (Wildman–Crippen MR) is 92.4 cm³/mol. The fourth-order valence-electron chi connectivity index (χ4n) is 2.34. The van der Waals surface area contributed by atoms with Crippen molar-refractivity contribution in [2.24, 2.45) is 0 Å². The van der Waals surface area contributed by atoms with E-state index < -0.39 is 0 Å². The van der Waals surface area contributed by atoms with Gasteiger partial charge in [0, 0.05) is 5.02 Å². The van der Waals surface area contributed by atoms with Crippen molar-refractivity contribution in [1.82, 2.24) is 5.32 Å². The lowest BCUT2D eigenvalue weighted by molar-refractivity contribution is 0.412. The van der Waals surface area contributed by atoms with Crippen molar-refractivity contribution in [3.8, 4) is 5.75 Å². The lowest BCUT2D eigenvalue weighted by Crippen LogP contribution is -2.22. The fraction of sp³-hybridized carbons (Fsp3) is 0.294. The van der Waals surface area contributed by atoms with Crippen LogP contribution in [-0.4, -0.2) is 13.7 Å². The van der Waals surface area contributed by atoms with Crippen LogP contribution < -0.4 is 10.1 Å². The van der Waals surface area contributed by atoms with E-state index in [0.29, 0.717) is 0 Å². The highest BCUT2D eigenvalue weighted by Gasteiger charge is 2.15. The monoisotopic (exact) mass is 367 g/mol. The summed E-state index contributed by atoms with van der Waals surface area (Å²) in [7, 11) is 1.67. The van der Waals surface area contributed by atoms with Crippen LogP contribution in [0, 0.1) is 6.92 Å². The van der Waals surface area contributed by atoms with Crippen molar-refractivity contribution in [3.63, 3.8) is 0 Å². The Morgan fingerprint density at radius 3 is 2.43 bits per heavy atom. The number of rotatable bonds is 5. The molecule has 0 spiro atoms. The number of hydrogen-bond acceptors (Lipinski definition) is 2. The Bertz CT molecular complexity index is 630. The second kappa shape index (κ2) is 7.30. The molecule has 0 radical (unpaired) electrons. The molecule has 0 bridgehead atoms. The summed E-state index contributed by atoms with van der Waals surface area (Å²) in [5.74, 6) is 0.835. The molecule has 2 aromatic carbocycles. The number of halogens is 2. The minimum Gasteiger partial charge on any atom is -0.496 e. The van der Waals surface area contributed by atoms with Crippen LogP contribution in [0.2, 0.25) is 5.02 Å². The number of hydrogen-bond donors (Lipinski definition) is 1. The molecule has 2 aromatic rings. The maximum Gasteiger partial charge on any atom is 0.133 e. The molecular formula is C17H19BrClNO. The average molecular weight is 369 g/mol. The molecule has 0 saturated carbocycles. The lowest BCUT2D eigenvalue weighted by atomic mass is 9.97. The van der Waals surface area contributed by atoms with E-state index in [-0.39, 0.29) is 6.04 Å². The minimum absolute atomic E-state index is 0.133. The first-order valence-corrected chi connectivity index (χ1v) is 8.06. The molecule has 0 aromatic heterocycles. The van der Waals surface area contributed by atoms with Gasteiger partial charge >= 0.3 is 0 Å². The molecule has 1 atom stereocenters. The number of aryl methyl sites for hydroxylation is 1. The Morgan fingerprint density at radius 2 is 1.86 bits per heavy atom. The largest absolute Gasteiger partial charge is 0.496 e. The third-order valence-corrected chi connectivity index (χ3v) is 4.48. The van der Waals surface area contributed by atoms with E-state index in [1.807, 2.05) is 19.1 Å². The highest BCUT2D eigenvalue weighted by atomic mass is 79.9. The molecule has 21 heavy (non-hydrogen) atoms. The molecule has 0 amide bonds. The SMILES string of the molecule is CCNC(c1ccc(Cl)c(C)c1)c1ccc(OC)c(Br)c1. The summed E-state index contributed by atoms with van der Waals surface area (Å²) in [6.45, 7) is 5.02. The van der Waals surface area contributed by atoms with Crippen molar-refractivity contribution in [1.29, 1.82) is 0 Å². The van der Waals surface area contributed by atoms with Crippen molar-refractivity contribution in [2.45, 2.75) is 19.9 Å². The Labute approximate surface area is 139 Å². The van der Waals surface area contributed by atoms with Crippen LogP contribution in [0.4, 0.5) is 0 Å². The summed E-state index contributed by atoms with van der Waals surface area (Å²) in [5, 5.41) is 4.32. The summed E-state index contributed by atoms with van der Waals surface area (Å²) < 4.78 is 6.25. The summed E-state index contributed by atoms with van der Waals surface area (Å²) >= 11 is 9.68. The molecule has 112 valence electrons. The van der Waals surface area contributed by atoms with E-state index in [1.165, 1.54) is 11.1 Å². The Balaban J connectivity index is 2.42. The number of methoxy groups -OCH3 is 1. The van der Waals surface area contributed by atoms with Gasteiger partial charge in [-0.05, 0) is 64.3 Å². The second-order valence-electron chi connectivity index (χ2n) is 4.89. The molecule has 1 N–H and O–H groups in total. The number of ether oxygens (including phenoxy) is 1. The van der Waals surface area contributed by atoms with Gasteiger partial charge in [0.1, 0.15) is 5.75 Å². The van der Waals surface area contributed by atoms with E-state index in [4.69, 9.17) is 16.3 Å². The van der Waals surface area contributed by atoms with Gasteiger partial charge in [-0.15, -0.1) is 0 Å². The molecule has 2 rings (SSSR count). The first-order chi connectivity index (χ1) is 10.1. The van der Waals surface area contributed by atoms with Gasteiger partial charge in [-0.1, -0.05) is 36.7 Å². The molecule has 4 heteroatoms. The molecule has 0 aliphatic rings. The van der Waals surface area contributed by atoms with E-state index in [9.17, 15) is 0 Å². The highest BCUT2D eigenvalue weighted by molar-refractivity contribution is 9.10. The van der Waals surface area contributed by atoms with Crippen LogP contribution in [-0.2, 0) is 0 Å². The van der Waals surface area contributed by atoms with Crippen LogP contribution in [0.1, 0.15) is 29.7 Å². The molecule has 0 aliphatic carbocycles. The summed E-state index contributed by atoms with van der Waals surface area (Å²) in [6.07, 6.45) is 0. The second-order valence-corrected chi connectivity index (χ2v) is 6.15. The normalized spacial score (nSPS) is 12.2. The van der Waals surface area contributed by atoms with Crippen molar-refractivity contribution >= 4 is 27.5 Å². The quantitative estimate of drug-likeness (QED) is 0.791. The number of nitrogens with one attached hydrogen (secondary N) is 1. The Hall–Kier alpha value is -1.03. The maximum absolute atomic E-state index is 6.13. The minimum atomic E-state index is 0.133. The zero-order valence-corrected chi connectivity index (χ0v) is 14.8. The van der Waals surface area contributed by atoms with Gasteiger partial charge in [0.2, 0.25) is 0 Å². The molecule has 1 unspecified atom stereocenters. The molecule has 2 nitrogen and oxygen atoms in total. The molecule has 0 fully saturated rings. The van der Waals surface area contributed by atoms with E-state index in [1.54, 1.807) is 7.11 Å². The molecule has 0 aliphatic heterocycles. The van der Waals surface area contributed by atoms with Crippen LogP contribution >= 0.6 is 27.5 Å². The Morgan fingerprint density at radius 1 is 1.19 bits per heavy atom. The zero-order chi connectivity index (χ0) is 15.4. The van der Waals surface area contributed by atoms with Crippen molar-refractivity contribution < 1.29 is 4.74 Å². The smallest absolute Gasteiger partial charge is 0.133 e. The summed E-state index contributed by atoms with van der Waals surface area (Å²) in [5.41, 5.74) is 3.48. The lowest BCUT2D eigenvalue weighted by Gasteiger charge is -2.20. The van der Waals surface area contributed by atoms with Gasteiger partial charge in [-0.2, -0.15) is 0 Å². The summed E-state index contributed by atoms with van der Waals surface area (Å²) in [6, 6.07) is 12.4. The van der Waals surface area contributed by atoms with Gasteiger partial charge in [-0.25, -0.2) is 0 Å². The first kappa shape index (κ1) is 16.3. The van der Waals surface area contributed by atoms with Crippen LogP contribution in [0.3, 0.4) is 0 Å². The highest BCUT2D eigenvalue weighted by Crippen LogP contribution is 2.31. The van der Waals surface area contributed by atoms with Crippen LogP contribution in [0.15, 0.2) is 40.9 Å². The first-order valence-electron chi connectivity index (χ1n) is 6.89. The third-order valence-electron chi connectivity index (χ3n) is 3.43. The van der Waals surface area contributed by atoms with E-state index in [0.717, 1.165) is 27.4 Å². The maximum atomic E-state index is 6.13. The summed E-state index contributed by atoms with van der Waals surface area (Å²) in [4.78, 5) is 0. The van der Waals surface area contributed by atoms with Crippen molar-refractivity contribution in [3.05, 3.63) is 62.6 Å². The van der Waals surface area contributed by atoms with Gasteiger partial charge in [0.15, 0.2) is 0 Å². The van der Waals surface area contributed by atoms with E-state index >= 15 is 0 Å². The zero-order valence-electron chi connectivity index (χ0n) is 12.4. The third kappa shape index (κ3) is 3.79. The average Bonchev–Trinajstić information content (AvgIpc) is 2.48. The van der Waals surface area contributed by atoms with Crippen LogP contribution in [0.5, 0.6) is 5.75 Å². The van der Waals surface area contributed by atoms with Gasteiger partial charge in [0.25, 0.3) is 0 Å². The van der Waals surface area contributed by atoms with Crippen LogP contribution in [0.25, 0.3) is 0 Å². The molecular weight excluding hydrogens is 350 g/mol. The predicted octanol–water partition coefficient (Wildman–Crippen LogP) is 5.12. The Kier molecular flexibility index (Phi) is 5.68. The van der Waals surface area contributed by atoms with Crippen molar-refractivity contribution in [2.75, 3.05) is 13.7 Å². The van der Waals surface area contributed by atoms with Gasteiger partial charge in [0.05, 0.1) is 17.6 Å². The molecule has 0 heterocycles. The topological polar surface area (TPSA) is 21.3 Å². The fourth-order valence-corrected chi connectivity index (χ4v) is 3.02. The standard InChI is InChI=1S/C17H19BrClNO/c1-4-20-17(12-5-7-15(19)11(2)9-12)13-6-8-16(21-3)14(18)10-13/h5-10,17,20H,4H2,1-3H3. The van der Waals surface area contributed by atoms with Gasteiger partial charge in [-0.3, -0.25) is 0 Å². The molecule has 0 saturated heterocycles. The number of benzene rings is 2. The van der Waals surface area contributed by atoms with E-state index in [2.05, 4.69) is 52.4 Å².